The molecule has 0 atom stereocenters. The fourth-order valence-corrected chi connectivity index (χ4v) is 3.62. The van der Waals surface area contributed by atoms with Crippen molar-refractivity contribution < 1.29 is 19.0 Å². The molecule has 35 heavy (non-hydrogen) atoms. The van der Waals surface area contributed by atoms with E-state index in [-0.39, 0.29) is 12.0 Å². The van der Waals surface area contributed by atoms with E-state index in [4.69, 9.17) is 14.2 Å². The molecule has 1 amide bonds. The quantitative estimate of drug-likeness (QED) is 0.549. The van der Waals surface area contributed by atoms with Gasteiger partial charge in [-0.2, -0.15) is 5.26 Å². The largest absolute Gasteiger partial charge is 0.496 e. The van der Waals surface area contributed by atoms with Gasteiger partial charge in [-0.05, 0) is 24.3 Å². The van der Waals surface area contributed by atoms with Gasteiger partial charge in [0.2, 0.25) is 5.95 Å². The molecule has 0 spiro atoms. The van der Waals surface area contributed by atoms with Gasteiger partial charge >= 0.3 is 0 Å². The van der Waals surface area contributed by atoms with Crippen LogP contribution in [0.2, 0.25) is 0 Å². The summed E-state index contributed by atoms with van der Waals surface area (Å²) in [7, 11) is 4.81. The van der Waals surface area contributed by atoms with Crippen molar-refractivity contribution in [3.05, 3.63) is 53.9 Å². The monoisotopic (exact) mass is 474 g/mol. The maximum atomic E-state index is 12.3. The third-order valence-corrected chi connectivity index (χ3v) is 5.48. The van der Waals surface area contributed by atoms with Gasteiger partial charge in [-0.15, -0.1) is 0 Å². The molecule has 1 aromatic carbocycles. The molecule has 0 radical (unpaired) electrons. The van der Waals surface area contributed by atoms with E-state index in [1.165, 1.54) is 18.2 Å². The number of carbonyl (C=O) groups is 1. The highest BCUT2D eigenvalue weighted by Crippen LogP contribution is 2.28. The molecule has 10 heteroatoms. The fraction of sp³-hybridized carbons (Fsp3) is 0.320. The highest BCUT2D eigenvalue weighted by Gasteiger charge is 2.18. The molecule has 0 unspecified atom stereocenters. The second kappa shape index (κ2) is 10.8. The predicted molar refractivity (Wildman–Crippen MR) is 129 cm³/mol. The molecule has 1 aliphatic rings. The van der Waals surface area contributed by atoms with Crippen molar-refractivity contribution in [3.63, 3.8) is 0 Å². The van der Waals surface area contributed by atoms with Crippen molar-refractivity contribution in [2.75, 3.05) is 39.7 Å². The summed E-state index contributed by atoms with van der Waals surface area (Å²) in [4.78, 5) is 26.9. The van der Waals surface area contributed by atoms with Crippen LogP contribution in [-0.2, 0) is 4.74 Å². The number of hydrogen-bond acceptors (Lipinski definition) is 9. The molecule has 10 nitrogen and oxygen atoms in total. The van der Waals surface area contributed by atoms with Crippen molar-refractivity contribution >= 4 is 17.7 Å². The molecule has 1 fully saturated rings. The summed E-state index contributed by atoms with van der Waals surface area (Å²) in [5.74, 6) is 1.46. The van der Waals surface area contributed by atoms with Crippen LogP contribution in [0.4, 0.5) is 11.8 Å². The first kappa shape index (κ1) is 23.9. The summed E-state index contributed by atoms with van der Waals surface area (Å²) in [5.41, 5.74) is 2.17. The Kier molecular flexibility index (Phi) is 7.38. The number of rotatable bonds is 7. The Labute approximate surface area is 203 Å². The van der Waals surface area contributed by atoms with Crippen LogP contribution >= 0.6 is 0 Å². The van der Waals surface area contributed by atoms with Crippen LogP contribution < -0.4 is 14.8 Å². The van der Waals surface area contributed by atoms with Gasteiger partial charge < -0.3 is 24.4 Å². The van der Waals surface area contributed by atoms with E-state index < -0.39 is 0 Å². The van der Waals surface area contributed by atoms with E-state index in [2.05, 4.69) is 26.3 Å². The van der Waals surface area contributed by atoms with Crippen molar-refractivity contribution in [1.82, 2.24) is 19.9 Å². The Balaban J connectivity index is 1.54. The number of methoxy groups -OCH3 is 1. The number of nitrogens with zero attached hydrogens (tertiary/aromatic N) is 5. The van der Waals surface area contributed by atoms with Crippen LogP contribution in [-0.4, -0.2) is 66.3 Å². The van der Waals surface area contributed by atoms with E-state index in [1.807, 2.05) is 6.07 Å². The molecule has 4 rings (SSSR count). The molecule has 1 aliphatic heterocycles. The Morgan fingerprint density at radius 3 is 2.69 bits per heavy atom. The van der Waals surface area contributed by atoms with Crippen LogP contribution in [0.5, 0.6) is 11.5 Å². The number of ether oxygens (including phenoxy) is 3. The Hall–Kier alpha value is -4.23. The molecule has 0 bridgehead atoms. The number of benzene rings is 1. The Morgan fingerprint density at radius 1 is 1.17 bits per heavy atom. The number of anilines is 2. The smallest absolute Gasteiger partial charge is 0.258 e. The van der Waals surface area contributed by atoms with E-state index >= 15 is 0 Å². The van der Waals surface area contributed by atoms with Crippen molar-refractivity contribution in [2.24, 2.45) is 0 Å². The van der Waals surface area contributed by atoms with E-state index in [0.29, 0.717) is 53.3 Å². The average molecular weight is 475 g/mol. The normalized spacial score (nSPS) is 13.5. The SMILES string of the molecule is COc1cc(Nc2nccc(-c3ccc(OC4CCOCC4)c(C#N)c3)n2)ncc1C(=O)N(C)C. The molecule has 1 saturated heterocycles. The third-order valence-electron chi connectivity index (χ3n) is 5.48. The zero-order chi connectivity index (χ0) is 24.8. The standard InChI is InChI=1S/C25H26N6O4/c1-31(2)24(32)19-15-28-23(13-22(19)33-3)30-25-27-9-6-20(29-25)16-4-5-21(17(12-16)14-26)35-18-7-10-34-11-8-18/h4-6,9,12-13,15,18H,7-8,10-11H2,1-3H3,(H,27,28,29,30). The number of pyridine rings is 1. The minimum Gasteiger partial charge on any atom is -0.496 e. The summed E-state index contributed by atoms with van der Waals surface area (Å²) < 4.78 is 16.8. The third kappa shape index (κ3) is 5.65. The number of amides is 1. The van der Waals surface area contributed by atoms with Gasteiger partial charge in [0.25, 0.3) is 5.91 Å². The van der Waals surface area contributed by atoms with Crippen LogP contribution in [0, 0.1) is 11.3 Å². The molecule has 3 heterocycles. The number of hydrogen-bond donors (Lipinski definition) is 1. The van der Waals surface area contributed by atoms with E-state index in [9.17, 15) is 10.1 Å². The topological polar surface area (TPSA) is 122 Å². The first-order valence-corrected chi connectivity index (χ1v) is 11.1. The predicted octanol–water partition coefficient (Wildman–Crippen LogP) is 3.42. The van der Waals surface area contributed by atoms with Crippen LogP contribution in [0.15, 0.2) is 42.7 Å². The minimum atomic E-state index is -0.211. The number of carbonyl (C=O) groups excluding carboxylic acids is 1. The van der Waals surface area contributed by atoms with Crippen LogP contribution in [0.1, 0.15) is 28.8 Å². The van der Waals surface area contributed by atoms with Gasteiger partial charge in [0.1, 0.15) is 29.5 Å². The summed E-state index contributed by atoms with van der Waals surface area (Å²) in [6.07, 6.45) is 4.71. The number of aromatic nitrogens is 3. The van der Waals surface area contributed by atoms with Crippen molar-refractivity contribution in [3.8, 4) is 28.8 Å². The molecular weight excluding hydrogens is 448 g/mol. The average Bonchev–Trinajstić information content (AvgIpc) is 2.89. The molecule has 0 saturated carbocycles. The molecule has 2 aromatic heterocycles. The van der Waals surface area contributed by atoms with Crippen LogP contribution in [0.25, 0.3) is 11.3 Å². The van der Waals surface area contributed by atoms with Crippen LogP contribution in [0.3, 0.4) is 0 Å². The lowest BCUT2D eigenvalue weighted by Gasteiger charge is -2.23. The molecule has 0 aliphatic carbocycles. The second-order valence-corrected chi connectivity index (χ2v) is 8.11. The fourth-order valence-electron chi connectivity index (χ4n) is 3.62. The number of nitriles is 1. The summed E-state index contributed by atoms with van der Waals surface area (Å²) >= 11 is 0. The number of nitrogens with one attached hydrogen (secondary N) is 1. The molecular formula is C25H26N6O4. The molecule has 1 N–H and O–H groups in total. The maximum absolute atomic E-state index is 12.3. The zero-order valence-electron chi connectivity index (χ0n) is 19.8. The first-order valence-electron chi connectivity index (χ1n) is 11.1. The highest BCUT2D eigenvalue weighted by molar-refractivity contribution is 5.96. The molecule has 3 aromatic rings. The zero-order valence-corrected chi connectivity index (χ0v) is 19.8. The lowest BCUT2D eigenvalue weighted by atomic mass is 10.1. The Bertz CT molecular complexity index is 1250. The molecule has 180 valence electrons. The lowest BCUT2D eigenvalue weighted by Crippen LogP contribution is -2.26. The van der Waals surface area contributed by atoms with Gasteiger partial charge in [0.05, 0.1) is 37.1 Å². The van der Waals surface area contributed by atoms with Gasteiger partial charge in [-0.25, -0.2) is 15.0 Å². The summed E-state index contributed by atoms with van der Waals surface area (Å²) in [6, 6.07) is 11.0. The summed E-state index contributed by atoms with van der Waals surface area (Å²) in [6.45, 7) is 1.33. The Morgan fingerprint density at radius 2 is 1.97 bits per heavy atom. The second-order valence-electron chi connectivity index (χ2n) is 8.11. The van der Waals surface area contributed by atoms with Gasteiger partial charge in [0.15, 0.2) is 0 Å². The van der Waals surface area contributed by atoms with E-state index in [0.717, 1.165) is 18.4 Å². The van der Waals surface area contributed by atoms with Crippen molar-refractivity contribution in [1.29, 1.82) is 5.26 Å². The minimum absolute atomic E-state index is 0.0421. The maximum Gasteiger partial charge on any atom is 0.258 e. The van der Waals surface area contributed by atoms with E-state index in [1.54, 1.807) is 44.6 Å². The highest BCUT2D eigenvalue weighted by atomic mass is 16.5. The summed E-state index contributed by atoms with van der Waals surface area (Å²) in [5, 5.41) is 12.7. The van der Waals surface area contributed by atoms with Gasteiger partial charge in [-0.1, -0.05) is 0 Å². The lowest BCUT2D eigenvalue weighted by molar-refractivity contribution is 0.0254. The van der Waals surface area contributed by atoms with Gasteiger partial charge in [-0.3, -0.25) is 4.79 Å². The first-order chi connectivity index (χ1) is 17.0. The van der Waals surface area contributed by atoms with Gasteiger partial charge in [0, 0.05) is 51.0 Å². The van der Waals surface area contributed by atoms with Crippen molar-refractivity contribution in [2.45, 2.75) is 18.9 Å².